The molecule has 0 spiro atoms. The molecule has 0 N–H and O–H groups in total. The number of piperazine rings is 1. The normalized spacial score (nSPS) is 16.8. The molecule has 156 valence electrons. The first kappa shape index (κ1) is 21.2. The van der Waals surface area contributed by atoms with Crippen molar-refractivity contribution < 1.29 is 14.3 Å². The van der Waals surface area contributed by atoms with Crippen LogP contribution < -0.4 is 0 Å². The Morgan fingerprint density at radius 2 is 1.76 bits per heavy atom. The van der Waals surface area contributed by atoms with E-state index in [0.717, 1.165) is 48.4 Å². The first-order chi connectivity index (χ1) is 14.2. The summed E-state index contributed by atoms with van der Waals surface area (Å²) in [5.74, 6) is 0.0438. The summed E-state index contributed by atoms with van der Waals surface area (Å²) in [7, 11) is 0. The number of rotatable bonds is 7. The van der Waals surface area contributed by atoms with Crippen molar-refractivity contribution in [2.24, 2.45) is 0 Å². The highest BCUT2D eigenvalue weighted by Crippen LogP contribution is 2.23. The molecule has 2 aromatic rings. The topological polar surface area (TPSA) is 49.9 Å². The largest absolute Gasteiger partial charge is 0.449 e. The second-order valence-electron chi connectivity index (χ2n) is 7.74. The molecule has 1 saturated heterocycles. The van der Waals surface area contributed by atoms with Crippen LogP contribution in [0.2, 0.25) is 0 Å². The molecule has 5 heteroatoms. The maximum Gasteiger partial charge on any atom is 0.410 e. The molecule has 2 amide bonds. The number of carbonyl (C=O) groups excluding carboxylic acids is 2. The monoisotopic (exact) mass is 396 g/mol. The van der Waals surface area contributed by atoms with Gasteiger partial charge in [-0.05, 0) is 29.7 Å². The number of fused-ring (bicyclic) bond motifs is 1. The van der Waals surface area contributed by atoms with Crippen LogP contribution in [0.1, 0.15) is 56.3 Å². The summed E-state index contributed by atoms with van der Waals surface area (Å²) in [6, 6.07) is 13.9. The van der Waals surface area contributed by atoms with Gasteiger partial charge >= 0.3 is 6.09 Å². The minimum atomic E-state index is -0.239. The third kappa shape index (κ3) is 5.08. The van der Waals surface area contributed by atoms with Crippen LogP contribution in [0.3, 0.4) is 0 Å². The van der Waals surface area contributed by atoms with E-state index in [9.17, 15) is 9.59 Å². The number of hydrogen-bond acceptors (Lipinski definition) is 3. The minimum Gasteiger partial charge on any atom is -0.449 e. The van der Waals surface area contributed by atoms with Gasteiger partial charge in [-0.2, -0.15) is 0 Å². The van der Waals surface area contributed by atoms with Crippen molar-refractivity contribution in [3.05, 3.63) is 48.0 Å². The fraction of sp³-hybridized carbons (Fsp3) is 0.500. The van der Waals surface area contributed by atoms with Crippen LogP contribution >= 0.6 is 0 Å². The Morgan fingerprint density at radius 1 is 1.00 bits per heavy atom. The van der Waals surface area contributed by atoms with Crippen LogP contribution in [0.25, 0.3) is 10.8 Å². The molecule has 0 aliphatic carbocycles. The van der Waals surface area contributed by atoms with Crippen LogP contribution in [0.5, 0.6) is 0 Å². The van der Waals surface area contributed by atoms with E-state index in [1.807, 2.05) is 52.3 Å². The van der Waals surface area contributed by atoms with E-state index in [2.05, 4.69) is 13.8 Å². The number of carbonyl (C=O) groups is 2. The molecule has 1 aliphatic heterocycles. The van der Waals surface area contributed by atoms with Gasteiger partial charge in [-0.3, -0.25) is 4.79 Å². The SMILES string of the molecule is CCCCOC(=O)N1CCN(C(=O)c2cccc3ccccc23)C[C@@H]1CCCC. The molecule has 0 radical (unpaired) electrons. The highest BCUT2D eigenvalue weighted by molar-refractivity contribution is 6.07. The van der Waals surface area contributed by atoms with Crippen LogP contribution in [-0.2, 0) is 4.74 Å². The quantitative estimate of drug-likeness (QED) is 0.612. The van der Waals surface area contributed by atoms with E-state index in [-0.39, 0.29) is 18.0 Å². The molecule has 1 atom stereocenters. The predicted octanol–water partition coefficient (Wildman–Crippen LogP) is 5.09. The number of nitrogens with zero attached hydrogens (tertiary/aromatic N) is 2. The first-order valence-corrected chi connectivity index (χ1v) is 10.9. The summed E-state index contributed by atoms with van der Waals surface area (Å²) in [6.45, 7) is 6.31. The van der Waals surface area contributed by atoms with E-state index in [0.29, 0.717) is 26.2 Å². The van der Waals surface area contributed by atoms with Gasteiger partial charge in [0.05, 0.1) is 12.6 Å². The minimum absolute atomic E-state index is 0.0109. The van der Waals surface area contributed by atoms with Gasteiger partial charge in [0.1, 0.15) is 0 Å². The van der Waals surface area contributed by atoms with Crippen LogP contribution in [0.15, 0.2) is 42.5 Å². The lowest BCUT2D eigenvalue weighted by Crippen LogP contribution is -2.56. The van der Waals surface area contributed by atoms with Crippen LogP contribution in [-0.4, -0.2) is 54.1 Å². The van der Waals surface area contributed by atoms with Crippen LogP contribution in [0.4, 0.5) is 4.79 Å². The zero-order valence-electron chi connectivity index (χ0n) is 17.6. The van der Waals surface area contributed by atoms with Gasteiger partial charge in [-0.1, -0.05) is 69.5 Å². The van der Waals surface area contributed by atoms with Crippen molar-refractivity contribution in [3.8, 4) is 0 Å². The van der Waals surface area contributed by atoms with Crippen molar-refractivity contribution in [2.45, 2.75) is 52.0 Å². The van der Waals surface area contributed by atoms with Gasteiger partial charge in [0, 0.05) is 25.2 Å². The average Bonchev–Trinajstić information content (AvgIpc) is 2.76. The number of amides is 2. The summed E-state index contributed by atoms with van der Waals surface area (Å²) in [5, 5.41) is 2.05. The van der Waals surface area contributed by atoms with Gasteiger partial charge in [-0.15, -0.1) is 0 Å². The van der Waals surface area contributed by atoms with Gasteiger partial charge < -0.3 is 14.5 Å². The molecule has 29 heavy (non-hydrogen) atoms. The second-order valence-corrected chi connectivity index (χ2v) is 7.74. The molecular formula is C24H32N2O3. The molecule has 0 saturated carbocycles. The number of hydrogen-bond donors (Lipinski definition) is 0. The van der Waals surface area contributed by atoms with E-state index in [4.69, 9.17) is 4.74 Å². The van der Waals surface area contributed by atoms with Crippen molar-refractivity contribution in [2.75, 3.05) is 26.2 Å². The Hall–Kier alpha value is -2.56. The Labute approximate surface area is 173 Å². The van der Waals surface area contributed by atoms with Gasteiger partial charge in [0.25, 0.3) is 5.91 Å². The maximum atomic E-state index is 13.3. The molecule has 3 rings (SSSR count). The van der Waals surface area contributed by atoms with Crippen molar-refractivity contribution >= 4 is 22.8 Å². The fourth-order valence-corrected chi connectivity index (χ4v) is 3.94. The maximum absolute atomic E-state index is 13.3. The first-order valence-electron chi connectivity index (χ1n) is 10.9. The van der Waals surface area contributed by atoms with Crippen molar-refractivity contribution in [1.29, 1.82) is 0 Å². The molecule has 1 aliphatic rings. The summed E-state index contributed by atoms with van der Waals surface area (Å²) in [4.78, 5) is 29.6. The summed E-state index contributed by atoms with van der Waals surface area (Å²) >= 11 is 0. The molecule has 0 aromatic heterocycles. The van der Waals surface area contributed by atoms with Gasteiger partial charge in [-0.25, -0.2) is 4.79 Å². The Kier molecular flexibility index (Phi) is 7.50. The lowest BCUT2D eigenvalue weighted by Gasteiger charge is -2.41. The lowest BCUT2D eigenvalue weighted by molar-refractivity contribution is 0.0353. The van der Waals surface area contributed by atoms with E-state index in [1.54, 1.807) is 0 Å². The predicted molar refractivity (Wildman–Crippen MR) is 116 cm³/mol. The average molecular weight is 397 g/mol. The zero-order valence-corrected chi connectivity index (χ0v) is 17.6. The molecule has 0 unspecified atom stereocenters. The van der Waals surface area contributed by atoms with Gasteiger partial charge in [0.15, 0.2) is 0 Å². The fourth-order valence-electron chi connectivity index (χ4n) is 3.94. The smallest absolute Gasteiger partial charge is 0.410 e. The van der Waals surface area contributed by atoms with E-state index >= 15 is 0 Å². The van der Waals surface area contributed by atoms with E-state index < -0.39 is 0 Å². The molecule has 5 nitrogen and oxygen atoms in total. The van der Waals surface area contributed by atoms with Crippen LogP contribution in [0, 0.1) is 0 Å². The molecule has 1 fully saturated rings. The standard InChI is InChI=1S/C24H32N2O3/c1-3-5-12-20-18-25(15-16-26(20)24(28)29-17-6-4-2)23(27)22-14-9-11-19-10-7-8-13-21(19)22/h7-11,13-14,20H,3-6,12,15-18H2,1-2H3/t20-/m0/s1. The Bertz CT molecular complexity index is 830. The molecule has 1 heterocycles. The third-order valence-corrected chi connectivity index (χ3v) is 5.64. The van der Waals surface area contributed by atoms with Crippen molar-refractivity contribution in [3.63, 3.8) is 0 Å². The Balaban J connectivity index is 1.74. The summed E-state index contributed by atoms with van der Waals surface area (Å²) < 4.78 is 5.45. The molecule has 0 bridgehead atoms. The Morgan fingerprint density at radius 3 is 2.55 bits per heavy atom. The summed E-state index contributed by atoms with van der Waals surface area (Å²) in [5.41, 5.74) is 0.733. The number of ether oxygens (including phenoxy) is 1. The molecule has 2 aromatic carbocycles. The second kappa shape index (κ2) is 10.3. The lowest BCUT2D eigenvalue weighted by atomic mass is 10.0. The zero-order chi connectivity index (χ0) is 20.6. The number of unbranched alkanes of at least 4 members (excludes halogenated alkanes) is 2. The summed E-state index contributed by atoms with van der Waals surface area (Å²) in [6.07, 6.45) is 4.62. The molecular weight excluding hydrogens is 364 g/mol. The van der Waals surface area contributed by atoms with Crippen molar-refractivity contribution in [1.82, 2.24) is 9.80 Å². The highest BCUT2D eigenvalue weighted by Gasteiger charge is 2.33. The van der Waals surface area contributed by atoms with Gasteiger partial charge in [0.2, 0.25) is 0 Å². The third-order valence-electron chi connectivity index (χ3n) is 5.64. The number of benzene rings is 2. The highest BCUT2D eigenvalue weighted by atomic mass is 16.6. The van der Waals surface area contributed by atoms with E-state index in [1.165, 1.54) is 0 Å².